The van der Waals surface area contributed by atoms with Crippen LogP contribution in [-0.2, 0) is 36.8 Å². The number of carbonyl (C=O) groups is 4. The minimum Gasteiger partial charge on any atom is -0.464 e. The van der Waals surface area contributed by atoms with E-state index in [0.717, 1.165) is 11.1 Å². The SMILES string of the molecule is CCOC(=O)[C@@H]1C[C@@H](Cc2ccc(F)cc2)CN1C(=O)CNC(=O)[C@@H](NC(=O)Cc1ccccc1)[C@@H](C)CC. The number of hydrogen-bond acceptors (Lipinski definition) is 5. The molecule has 0 saturated carbocycles. The maximum Gasteiger partial charge on any atom is 0.328 e. The number of ether oxygens (including phenoxy) is 1. The average Bonchev–Trinajstić information content (AvgIpc) is 3.36. The third-order valence-corrected chi connectivity index (χ3v) is 7.14. The van der Waals surface area contributed by atoms with Crippen LogP contribution in [0.25, 0.3) is 0 Å². The Morgan fingerprint density at radius 1 is 1.03 bits per heavy atom. The molecular formula is C30H38FN3O5. The number of amides is 3. The average molecular weight is 540 g/mol. The molecule has 8 nitrogen and oxygen atoms in total. The Morgan fingerprint density at radius 2 is 1.72 bits per heavy atom. The topological polar surface area (TPSA) is 105 Å². The predicted octanol–water partition coefficient (Wildman–Crippen LogP) is 3.04. The summed E-state index contributed by atoms with van der Waals surface area (Å²) in [5, 5.41) is 5.48. The fourth-order valence-corrected chi connectivity index (χ4v) is 4.84. The molecule has 2 aromatic rings. The summed E-state index contributed by atoms with van der Waals surface area (Å²) in [6.45, 7) is 5.70. The number of benzene rings is 2. The number of likely N-dealkylation sites (tertiary alicyclic amines) is 1. The molecule has 1 fully saturated rings. The Kier molecular flexibility index (Phi) is 11.0. The molecular weight excluding hydrogens is 501 g/mol. The molecule has 1 aliphatic heterocycles. The number of hydrogen-bond donors (Lipinski definition) is 2. The summed E-state index contributed by atoms with van der Waals surface area (Å²) in [6.07, 6.45) is 1.79. The lowest BCUT2D eigenvalue weighted by molar-refractivity contribution is -0.152. The van der Waals surface area contributed by atoms with E-state index in [1.165, 1.54) is 17.0 Å². The Labute approximate surface area is 229 Å². The smallest absolute Gasteiger partial charge is 0.328 e. The number of esters is 1. The molecule has 3 amide bonds. The Balaban J connectivity index is 1.62. The number of halogens is 1. The van der Waals surface area contributed by atoms with Crippen LogP contribution in [0.1, 0.15) is 44.7 Å². The van der Waals surface area contributed by atoms with Crippen molar-refractivity contribution in [2.24, 2.45) is 11.8 Å². The van der Waals surface area contributed by atoms with Crippen molar-refractivity contribution in [3.63, 3.8) is 0 Å². The van der Waals surface area contributed by atoms with Gasteiger partial charge in [-0.2, -0.15) is 0 Å². The second-order valence-electron chi connectivity index (χ2n) is 10.1. The fraction of sp³-hybridized carbons (Fsp3) is 0.467. The molecule has 1 saturated heterocycles. The van der Waals surface area contributed by atoms with Crippen molar-refractivity contribution < 1.29 is 28.3 Å². The van der Waals surface area contributed by atoms with Gasteiger partial charge in [0.05, 0.1) is 19.6 Å². The van der Waals surface area contributed by atoms with Crippen molar-refractivity contribution in [1.29, 1.82) is 0 Å². The number of rotatable bonds is 12. The molecule has 0 radical (unpaired) electrons. The zero-order valence-electron chi connectivity index (χ0n) is 22.8. The van der Waals surface area contributed by atoms with Gasteiger partial charge in [-0.3, -0.25) is 14.4 Å². The van der Waals surface area contributed by atoms with Gasteiger partial charge in [-0.25, -0.2) is 9.18 Å². The van der Waals surface area contributed by atoms with E-state index in [1.54, 1.807) is 19.1 Å². The van der Waals surface area contributed by atoms with Gasteiger partial charge in [0.1, 0.15) is 17.9 Å². The van der Waals surface area contributed by atoms with Gasteiger partial charge < -0.3 is 20.3 Å². The lowest BCUT2D eigenvalue weighted by Crippen LogP contribution is -2.53. The van der Waals surface area contributed by atoms with Gasteiger partial charge in [-0.05, 0) is 54.9 Å². The van der Waals surface area contributed by atoms with E-state index < -0.39 is 29.9 Å². The lowest BCUT2D eigenvalue weighted by atomic mass is 9.97. The van der Waals surface area contributed by atoms with Crippen LogP contribution in [0.2, 0.25) is 0 Å². The summed E-state index contributed by atoms with van der Waals surface area (Å²) >= 11 is 0. The molecule has 3 rings (SSSR count). The third-order valence-electron chi connectivity index (χ3n) is 7.14. The standard InChI is InChI=1S/C30H38FN3O5/c1-4-20(3)28(33-26(35)17-21-9-7-6-8-10-21)29(37)32-18-27(36)34-19-23(16-25(34)30(38)39-5-2)15-22-11-13-24(31)14-12-22/h6-14,20,23,25,28H,4-5,15-19H2,1-3H3,(H,32,37)(H,33,35)/t20-,23+,25-,28-/m0/s1. The molecule has 210 valence electrons. The van der Waals surface area contributed by atoms with E-state index in [1.807, 2.05) is 44.2 Å². The second-order valence-corrected chi connectivity index (χ2v) is 10.1. The maximum absolute atomic E-state index is 13.3. The molecule has 0 aromatic heterocycles. The Bertz CT molecular complexity index is 1130. The van der Waals surface area contributed by atoms with Crippen molar-refractivity contribution >= 4 is 23.7 Å². The van der Waals surface area contributed by atoms with E-state index >= 15 is 0 Å². The largest absolute Gasteiger partial charge is 0.464 e. The maximum atomic E-state index is 13.3. The van der Waals surface area contributed by atoms with Crippen LogP contribution < -0.4 is 10.6 Å². The number of nitrogens with one attached hydrogen (secondary N) is 2. The van der Waals surface area contributed by atoms with Gasteiger partial charge in [-0.15, -0.1) is 0 Å². The highest BCUT2D eigenvalue weighted by Crippen LogP contribution is 2.27. The molecule has 39 heavy (non-hydrogen) atoms. The molecule has 4 atom stereocenters. The van der Waals surface area contributed by atoms with Crippen molar-refractivity contribution in [3.8, 4) is 0 Å². The summed E-state index contributed by atoms with van der Waals surface area (Å²) in [5.41, 5.74) is 1.75. The summed E-state index contributed by atoms with van der Waals surface area (Å²) in [4.78, 5) is 53.0. The lowest BCUT2D eigenvalue weighted by Gasteiger charge is -2.26. The quantitative estimate of drug-likeness (QED) is 0.404. The summed E-state index contributed by atoms with van der Waals surface area (Å²) in [6, 6.07) is 13.9. The van der Waals surface area contributed by atoms with Gasteiger partial charge in [0.15, 0.2) is 0 Å². The molecule has 2 N–H and O–H groups in total. The normalized spacial score (nSPS) is 18.2. The van der Waals surface area contributed by atoms with Gasteiger partial charge >= 0.3 is 5.97 Å². The fourth-order valence-electron chi connectivity index (χ4n) is 4.84. The third kappa shape index (κ3) is 8.63. The first kappa shape index (κ1) is 29.8. The van der Waals surface area contributed by atoms with E-state index in [-0.39, 0.29) is 43.1 Å². The number of carbonyl (C=O) groups excluding carboxylic acids is 4. The first-order valence-corrected chi connectivity index (χ1v) is 13.5. The van der Waals surface area contributed by atoms with Crippen molar-refractivity contribution in [1.82, 2.24) is 15.5 Å². The molecule has 0 bridgehead atoms. The van der Waals surface area contributed by atoms with Crippen LogP contribution in [0.3, 0.4) is 0 Å². The van der Waals surface area contributed by atoms with Gasteiger partial charge in [0, 0.05) is 6.54 Å². The zero-order valence-corrected chi connectivity index (χ0v) is 22.8. The van der Waals surface area contributed by atoms with Crippen LogP contribution in [0, 0.1) is 17.7 Å². The van der Waals surface area contributed by atoms with E-state index in [0.29, 0.717) is 25.8 Å². The molecule has 0 aliphatic carbocycles. The first-order valence-electron chi connectivity index (χ1n) is 13.5. The van der Waals surface area contributed by atoms with Crippen LogP contribution in [-0.4, -0.2) is 60.4 Å². The predicted molar refractivity (Wildman–Crippen MR) is 145 cm³/mol. The van der Waals surface area contributed by atoms with Crippen LogP contribution in [0.4, 0.5) is 4.39 Å². The summed E-state index contributed by atoms with van der Waals surface area (Å²) < 4.78 is 18.5. The van der Waals surface area contributed by atoms with Crippen LogP contribution in [0.15, 0.2) is 54.6 Å². The van der Waals surface area contributed by atoms with E-state index in [9.17, 15) is 23.6 Å². The molecule has 9 heteroatoms. The summed E-state index contributed by atoms with van der Waals surface area (Å²) in [7, 11) is 0. The van der Waals surface area contributed by atoms with E-state index in [4.69, 9.17) is 4.74 Å². The first-order chi connectivity index (χ1) is 18.7. The van der Waals surface area contributed by atoms with Crippen molar-refractivity contribution in [3.05, 3.63) is 71.5 Å². The highest BCUT2D eigenvalue weighted by molar-refractivity contribution is 5.92. The molecule has 0 spiro atoms. The minimum absolute atomic E-state index is 0.0188. The Morgan fingerprint density at radius 3 is 2.36 bits per heavy atom. The molecule has 1 aliphatic rings. The highest BCUT2D eigenvalue weighted by Gasteiger charge is 2.40. The van der Waals surface area contributed by atoms with Gasteiger partial charge in [0.25, 0.3) is 0 Å². The monoisotopic (exact) mass is 539 g/mol. The minimum atomic E-state index is -0.801. The van der Waals surface area contributed by atoms with Gasteiger partial charge in [-0.1, -0.05) is 62.7 Å². The van der Waals surface area contributed by atoms with E-state index in [2.05, 4.69) is 10.6 Å². The Hall–Kier alpha value is -3.75. The summed E-state index contributed by atoms with van der Waals surface area (Å²) in [5.74, 6) is -2.11. The second kappa shape index (κ2) is 14.4. The van der Waals surface area contributed by atoms with Gasteiger partial charge in [0.2, 0.25) is 17.7 Å². The number of nitrogens with zero attached hydrogens (tertiary/aromatic N) is 1. The molecule has 2 aromatic carbocycles. The zero-order chi connectivity index (χ0) is 28.4. The van der Waals surface area contributed by atoms with Crippen LogP contribution >= 0.6 is 0 Å². The van der Waals surface area contributed by atoms with Crippen molar-refractivity contribution in [2.75, 3.05) is 19.7 Å². The molecule has 1 heterocycles. The van der Waals surface area contributed by atoms with Crippen LogP contribution in [0.5, 0.6) is 0 Å². The highest BCUT2D eigenvalue weighted by atomic mass is 19.1. The molecule has 0 unspecified atom stereocenters. The van der Waals surface area contributed by atoms with Crippen molar-refractivity contribution in [2.45, 2.75) is 58.5 Å².